The number of carbonyl (C=O) groups excluding carboxylic acids is 3. The molecule has 0 saturated carbocycles. The molecule has 0 N–H and O–H groups in total. The number of para-hydroxylation sites is 1. The van der Waals surface area contributed by atoms with Gasteiger partial charge in [0.05, 0.1) is 0 Å². The second kappa shape index (κ2) is 7.30. The van der Waals surface area contributed by atoms with E-state index >= 15 is 0 Å². The number of hydrogen-bond donors (Lipinski definition) is 0. The lowest BCUT2D eigenvalue weighted by atomic mass is 9.94. The van der Waals surface area contributed by atoms with E-state index in [9.17, 15) is 14.4 Å². The van der Waals surface area contributed by atoms with E-state index in [1.807, 2.05) is 30.3 Å². The number of rotatable bonds is 3. The summed E-state index contributed by atoms with van der Waals surface area (Å²) in [6.45, 7) is 2.35. The molecule has 1 saturated heterocycles. The molecule has 0 radical (unpaired) electrons. The minimum absolute atomic E-state index is 0.198. The van der Waals surface area contributed by atoms with Crippen molar-refractivity contribution in [1.82, 2.24) is 9.80 Å². The summed E-state index contributed by atoms with van der Waals surface area (Å²) in [5, 5.41) is 1.53. The quantitative estimate of drug-likeness (QED) is 0.636. The van der Waals surface area contributed by atoms with E-state index < -0.39 is 11.8 Å². The summed E-state index contributed by atoms with van der Waals surface area (Å²) in [4.78, 5) is 44.0. The van der Waals surface area contributed by atoms with Gasteiger partial charge in [-0.3, -0.25) is 19.3 Å². The molecule has 0 spiro atoms. The van der Waals surface area contributed by atoms with Crippen LogP contribution in [0.1, 0.15) is 20.7 Å². The first-order chi connectivity index (χ1) is 14.6. The van der Waals surface area contributed by atoms with Crippen molar-refractivity contribution >= 4 is 34.2 Å². The summed E-state index contributed by atoms with van der Waals surface area (Å²) in [5.74, 6) is -1.00. The van der Waals surface area contributed by atoms with E-state index in [0.29, 0.717) is 29.6 Å². The molecule has 0 aliphatic carbocycles. The maximum absolute atomic E-state index is 13.0. The van der Waals surface area contributed by atoms with Gasteiger partial charge >= 0.3 is 0 Å². The lowest BCUT2D eigenvalue weighted by Crippen LogP contribution is -2.53. The minimum Gasteiger partial charge on any atom is -0.368 e. The Kier molecular flexibility index (Phi) is 4.47. The third-order valence-electron chi connectivity index (χ3n) is 5.90. The van der Waals surface area contributed by atoms with Crippen molar-refractivity contribution < 1.29 is 14.4 Å². The summed E-state index contributed by atoms with van der Waals surface area (Å²) < 4.78 is 0. The van der Waals surface area contributed by atoms with Gasteiger partial charge < -0.3 is 9.80 Å². The Morgan fingerprint density at radius 3 is 1.93 bits per heavy atom. The van der Waals surface area contributed by atoms with E-state index in [1.54, 1.807) is 29.2 Å². The number of nitrogens with zero attached hydrogens (tertiary/aromatic N) is 3. The van der Waals surface area contributed by atoms with Crippen LogP contribution in [0.4, 0.5) is 5.69 Å². The van der Waals surface area contributed by atoms with Gasteiger partial charge in [-0.1, -0.05) is 42.5 Å². The maximum atomic E-state index is 13.0. The lowest BCUT2D eigenvalue weighted by molar-refractivity contribution is -0.131. The number of imide groups is 1. The van der Waals surface area contributed by atoms with Crippen LogP contribution < -0.4 is 4.90 Å². The Morgan fingerprint density at radius 2 is 1.33 bits per heavy atom. The van der Waals surface area contributed by atoms with E-state index in [1.165, 1.54) is 0 Å². The molecular formula is C24H21N3O3. The molecule has 0 unspecified atom stereocenters. The Labute approximate surface area is 174 Å². The lowest BCUT2D eigenvalue weighted by Gasteiger charge is -2.37. The average Bonchev–Trinajstić information content (AvgIpc) is 2.80. The van der Waals surface area contributed by atoms with Crippen molar-refractivity contribution in [2.75, 3.05) is 37.6 Å². The second-order valence-electron chi connectivity index (χ2n) is 7.61. The number of benzene rings is 3. The van der Waals surface area contributed by atoms with Crippen LogP contribution in [0, 0.1) is 0 Å². The van der Waals surface area contributed by atoms with Gasteiger partial charge in [0, 0.05) is 48.4 Å². The number of piperazine rings is 1. The zero-order chi connectivity index (χ0) is 20.7. The van der Waals surface area contributed by atoms with E-state index in [2.05, 4.69) is 17.0 Å². The summed E-state index contributed by atoms with van der Waals surface area (Å²) in [5.41, 5.74) is 2.09. The van der Waals surface area contributed by atoms with Gasteiger partial charge in [-0.25, -0.2) is 0 Å². The highest BCUT2D eigenvalue weighted by Crippen LogP contribution is 2.30. The Morgan fingerprint density at radius 1 is 0.733 bits per heavy atom. The molecule has 3 aromatic carbocycles. The van der Waals surface area contributed by atoms with Gasteiger partial charge in [0.1, 0.15) is 6.54 Å². The van der Waals surface area contributed by atoms with Crippen molar-refractivity contribution in [2.24, 2.45) is 0 Å². The van der Waals surface area contributed by atoms with Crippen LogP contribution in [-0.4, -0.2) is 60.2 Å². The molecule has 6 nitrogen and oxygen atoms in total. The normalized spacial score (nSPS) is 16.3. The monoisotopic (exact) mass is 399 g/mol. The maximum Gasteiger partial charge on any atom is 0.261 e. The highest BCUT2D eigenvalue weighted by molar-refractivity contribution is 6.26. The van der Waals surface area contributed by atoms with Gasteiger partial charge in [0.15, 0.2) is 0 Å². The van der Waals surface area contributed by atoms with Crippen LogP contribution in [-0.2, 0) is 4.79 Å². The molecule has 30 heavy (non-hydrogen) atoms. The highest BCUT2D eigenvalue weighted by atomic mass is 16.2. The fraction of sp³-hybridized carbons (Fsp3) is 0.208. The molecule has 0 bridgehead atoms. The topological polar surface area (TPSA) is 60.9 Å². The van der Waals surface area contributed by atoms with E-state index in [0.717, 1.165) is 29.1 Å². The Hall–Kier alpha value is -3.67. The third kappa shape index (κ3) is 3.01. The molecule has 3 aromatic rings. The molecule has 0 atom stereocenters. The standard InChI is InChI=1S/C24H21N3O3/c28-21(26-14-12-25(13-15-26)18-8-2-1-3-9-18)16-27-23(29)19-10-4-6-17-7-5-11-20(22(17)19)24(27)30/h1-11H,12-16H2. The smallest absolute Gasteiger partial charge is 0.261 e. The molecule has 6 heteroatoms. The molecule has 1 fully saturated rings. The van der Waals surface area contributed by atoms with Gasteiger partial charge in [-0.05, 0) is 29.7 Å². The molecule has 5 rings (SSSR count). The van der Waals surface area contributed by atoms with Crippen LogP contribution in [0.15, 0.2) is 66.7 Å². The zero-order valence-corrected chi connectivity index (χ0v) is 16.5. The average molecular weight is 399 g/mol. The zero-order valence-electron chi connectivity index (χ0n) is 16.5. The van der Waals surface area contributed by atoms with Crippen molar-refractivity contribution in [3.63, 3.8) is 0 Å². The highest BCUT2D eigenvalue weighted by Gasteiger charge is 2.35. The van der Waals surface area contributed by atoms with E-state index in [-0.39, 0.29) is 12.5 Å². The molecule has 2 heterocycles. The number of carbonyl (C=O) groups is 3. The summed E-state index contributed by atoms with van der Waals surface area (Å²) >= 11 is 0. The third-order valence-corrected chi connectivity index (χ3v) is 5.90. The molecule has 2 aliphatic heterocycles. The van der Waals surface area contributed by atoms with Gasteiger partial charge in [-0.15, -0.1) is 0 Å². The van der Waals surface area contributed by atoms with Gasteiger partial charge in [0.2, 0.25) is 5.91 Å². The Bertz CT molecular complexity index is 1100. The molecular weight excluding hydrogens is 378 g/mol. The first-order valence-electron chi connectivity index (χ1n) is 10.1. The van der Waals surface area contributed by atoms with Crippen LogP contribution in [0.3, 0.4) is 0 Å². The minimum atomic E-state index is -0.402. The van der Waals surface area contributed by atoms with E-state index in [4.69, 9.17) is 0 Å². The van der Waals surface area contributed by atoms with Crippen molar-refractivity contribution in [1.29, 1.82) is 0 Å². The SMILES string of the molecule is O=C(CN1C(=O)c2cccc3cccc(c23)C1=O)N1CCN(c2ccccc2)CC1. The summed E-state index contributed by atoms with van der Waals surface area (Å²) in [6, 6.07) is 20.9. The number of anilines is 1. The first kappa shape index (κ1) is 18.4. The van der Waals surface area contributed by atoms with Crippen molar-refractivity contribution in [3.05, 3.63) is 77.9 Å². The predicted octanol–water partition coefficient (Wildman–Crippen LogP) is 2.78. The fourth-order valence-corrected chi connectivity index (χ4v) is 4.31. The van der Waals surface area contributed by atoms with Crippen LogP contribution in [0.2, 0.25) is 0 Å². The van der Waals surface area contributed by atoms with Crippen molar-refractivity contribution in [2.45, 2.75) is 0 Å². The van der Waals surface area contributed by atoms with Gasteiger partial charge in [-0.2, -0.15) is 0 Å². The number of hydrogen-bond acceptors (Lipinski definition) is 4. The largest absolute Gasteiger partial charge is 0.368 e. The first-order valence-corrected chi connectivity index (χ1v) is 10.1. The van der Waals surface area contributed by atoms with Crippen LogP contribution >= 0.6 is 0 Å². The Balaban J connectivity index is 1.31. The van der Waals surface area contributed by atoms with Crippen LogP contribution in [0.25, 0.3) is 10.8 Å². The number of amides is 3. The molecule has 3 amide bonds. The van der Waals surface area contributed by atoms with Crippen molar-refractivity contribution in [3.8, 4) is 0 Å². The molecule has 150 valence electrons. The fourth-order valence-electron chi connectivity index (χ4n) is 4.31. The predicted molar refractivity (Wildman–Crippen MR) is 115 cm³/mol. The van der Waals surface area contributed by atoms with Crippen LogP contribution in [0.5, 0.6) is 0 Å². The molecule has 0 aromatic heterocycles. The second-order valence-corrected chi connectivity index (χ2v) is 7.61. The summed E-state index contributed by atoms with van der Waals surface area (Å²) in [6.07, 6.45) is 0. The summed E-state index contributed by atoms with van der Waals surface area (Å²) in [7, 11) is 0. The molecule has 2 aliphatic rings. The van der Waals surface area contributed by atoms with Gasteiger partial charge in [0.25, 0.3) is 11.8 Å².